The summed E-state index contributed by atoms with van der Waals surface area (Å²) >= 11 is 0. The molecule has 0 radical (unpaired) electrons. The van der Waals surface area contributed by atoms with Crippen molar-refractivity contribution in [1.29, 1.82) is 0 Å². The van der Waals surface area contributed by atoms with Crippen LogP contribution < -0.4 is 0 Å². The van der Waals surface area contributed by atoms with Gasteiger partial charge in [0.05, 0.1) is 0 Å². The second-order valence-corrected chi connectivity index (χ2v) is 4.27. The summed E-state index contributed by atoms with van der Waals surface area (Å²) in [6, 6.07) is 0. The molecular formula is C5H15O5P. The van der Waals surface area contributed by atoms with E-state index in [0.29, 0.717) is 0 Å². The standard InChI is InChI=1S/C5H15O5P/c1-11(7,8)10-5-4-9-3-2-6/h6-8,11H,2-5H2,1H3. The van der Waals surface area contributed by atoms with Crippen LogP contribution in [0, 0.1) is 0 Å². The van der Waals surface area contributed by atoms with E-state index in [0.717, 1.165) is 0 Å². The minimum atomic E-state index is -3.36. The van der Waals surface area contributed by atoms with Gasteiger partial charge in [-0.15, -0.1) is 0 Å². The Morgan fingerprint density at radius 2 is 1.82 bits per heavy atom. The fourth-order valence-electron chi connectivity index (χ4n) is 0.461. The summed E-state index contributed by atoms with van der Waals surface area (Å²) in [6.45, 7) is 1.88. The molecule has 0 amide bonds. The van der Waals surface area contributed by atoms with Crippen LogP contribution in [-0.4, -0.2) is 48.0 Å². The van der Waals surface area contributed by atoms with E-state index in [1.165, 1.54) is 6.66 Å². The molecule has 0 fully saturated rings. The van der Waals surface area contributed by atoms with E-state index in [1.54, 1.807) is 0 Å². The molecule has 5 nitrogen and oxygen atoms in total. The van der Waals surface area contributed by atoms with Gasteiger partial charge in [-0.3, -0.25) is 0 Å². The average Bonchev–Trinajstić information content (AvgIpc) is 1.85. The van der Waals surface area contributed by atoms with Gasteiger partial charge < -0.3 is 0 Å². The fraction of sp³-hybridized carbons (Fsp3) is 1.00. The first-order chi connectivity index (χ1) is 5.06. The van der Waals surface area contributed by atoms with Gasteiger partial charge in [0.25, 0.3) is 0 Å². The molecule has 0 unspecified atom stereocenters. The van der Waals surface area contributed by atoms with Crippen molar-refractivity contribution >= 4 is 7.94 Å². The van der Waals surface area contributed by atoms with Crippen molar-refractivity contribution in [2.24, 2.45) is 0 Å². The molecule has 0 rings (SSSR count). The van der Waals surface area contributed by atoms with Crippen molar-refractivity contribution < 1.29 is 24.2 Å². The fourth-order valence-corrected chi connectivity index (χ4v) is 0.931. The van der Waals surface area contributed by atoms with E-state index in [1.807, 2.05) is 0 Å². The second kappa shape index (κ2) is 5.83. The van der Waals surface area contributed by atoms with Crippen molar-refractivity contribution in [3.63, 3.8) is 0 Å². The molecule has 0 aromatic carbocycles. The van der Waals surface area contributed by atoms with E-state index < -0.39 is 7.94 Å². The zero-order chi connectivity index (χ0) is 8.74. The molecule has 70 valence electrons. The molecule has 6 heteroatoms. The summed E-state index contributed by atoms with van der Waals surface area (Å²) in [4.78, 5) is 17.5. The van der Waals surface area contributed by atoms with Crippen molar-refractivity contribution in [2.75, 3.05) is 33.1 Å². The summed E-state index contributed by atoms with van der Waals surface area (Å²) in [6.07, 6.45) is 0. The monoisotopic (exact) mass is 186 g/mol. The summed E-state index contributed by atoms with van der Waals surface area (Å²) < 4.78 is 9.42. The Morgan fingerprint density at radius 3 is 2.27 bits per heavy atom. The zero-order valence-corrected chi connectivity index (χ0v) is 7.49. The van der Waals surface area contributed by atoms with Gasteiger partial charge in [-0.2, -0.15) is 0 Å². The maximum absolute atomic E-state index is 8.74. The quantitative estimate of drug-likeness (QED) is 0.371. The molecule has 11 heavy (non-hydrogen) atoms. The SMILES string of the molecule is C[PH](O)(O)OCCOCCO. The third-order valence-corrected chi connectivity index (χ3v) is 1.59. The van der Waals surface area contributed by atoms with Gasteiger partial charge in [0.2, 0.25) is 0 Å². The van der Waals surface area contributed by atoms with Crippen molar-refractivity contribution in [2.45, 2.75) is 0 Å². The predicted octanol–water partition coefficient (Wildman–Crippen LogP) is -0.879. The zero-order valence-electron chi connectivity index (χ0n) is 6.49. The molecule has 0 atom stereocenters. The molecule has 3 N–H and O–H groups in total. The molecule has 0 aliphatic carbocycles. The number of aliphatic hydroxyl groups is 1. The summed E-state index contributed by atoms with van der Waals surface area (Å²) in [5.74, 6) is 0. The summed E-state index contributed by atoms with van der Waals surface area (Å²) in [7, 11) is -3.36. The number of hydrogen-bond donors (Lipinski definition) is 3. The molecule has 0 spiro atoms. The molecule has 0 aromatic rings. The van der Waals surface area contributed by atoms with Crippen LogP contribution in [0.15, 0.2) is 0 Å². The van der Waals surface area contributed by atoms with Crippen LogP contribution in [0.4, 0.5) is 0 Å². The van der Waals surface area contributed by atoms with Crippen LogP contribution >= 0.6 is 7.94 Å². The Balaban J connectivity index is 3.02. The first-order valence-corrected chi connectivity index (χ1v) is 5.64. The summed E-state index contributed by atoms with van der Waals surface area (Å²) in [5.41, 5.74) is 0. The molecule has 0 bridgehead atoms. The number of rotatable bonds is 6. The van der Waals surface area contributed by atoms with E-state index in [9.17, 15) is 0 Å². The second-order valence-electron chi connectivity index (χ2n) is 2.12. The van der Waals surface area contributed by atoms with Gasteiger partial charge in [0.1, 0.15) is 0 Å². The van der Waals surface area contributed by atoms with E-state index in [2.05, 4.69) is 4.52 Å². The minimum absolute atomic E-state index is 0.0348. The van der Waals surface area contributed by atoms with Crippen molar-refractivity contribution in [3.05, 3.63) is 0 Å². The van der Waals surface area contributed by atoms with Crippen LogP contribution in [-0.2, 0) is 9.26 Å². The van der Waals surface area contributed by atoms with E-state index in [-0.39, 0.29) is 26.4 Å². The number of hydrogen-bond acceptors (Lipinski definition) is 5. The topological polar surface area (TPSA) is 79.2 Å². The van der Waals surface area contributed by atoms with Crippen LogP contribution in [0.3, 0.4) is 0 Å². The van der Waals surface area contributed by atoms with Crippen LogP contribution in [0.25, 0.3) is 0 Å². The van der Waals surface area contributed by atoms with Gasteiger partial charge in [-0.05, 0) is 0 Å². The average molecular weight is 186 g/mol. The summed E-state index contributed by atoms with van der Waals surface area (Å²) in [5, 5.41) is 8.27. The number of ether oxygens (including phenoxy) is 1. The van der Waals surface area contributed by atoms with Crippen molar-refractivity contribution in [1.82, 2.24) is 0 Å². The van der Waals surface area contributed by atoms with Gasteiger partial charge >= 0.3 is 65.2 Å². The molecule has 0 aromatic heterocycles. The van der Waals surface area contributed by atoms with Gasteiger partial charge in [-0.25, -0.2) is 0 Å². The Hall–Kier alpha value is 0.230. The van der Waals surface area contributed by atoms with Gasteiger partial charge in [-0.1, -0.05) is 0 Å². The van der Waals surface area contributed by atoms with E-state index in [4.69, 9.17) is 19.6 Å². The molecule has 0 aliphatic rings. The van der Waals surface area contributed by atoms with Crippen LogP contribution in [0.1, 0.15) is 0 Å². The van der Waals surface area contributed by atoms with Gasteiger partial charge in [0.15, 0.2) is 0 Å². The predicted molar refractivity (Wildman–Crippen MR) is 42.5 cm³/mol. The third-order valence-electron chi connectivity index (χ3n) is 0.839. The van der Waals surface area contributed by atoms with E-state index >= 15 is 0 Å². The first-order valence-electron chi connectivity index (χ1n) is 3.33. The first kappa shape index (κ1) is 11.2. The number of aliphatic hydroxyl groups excluding tert-OH is 1. The molecule has 0 aliphatic heterocycles. The molecule has 0 saturated carbocycles. The molecule has 0 heterocycles. The Bertz CT molecular complexity index is 91.4. The van der Waals surface area contributed by atoms with Crippen molar-refractivity contribution in [3.8, 4) is 0 Å². The van der Waals surface area contributed by atoms with Crippen LogP contribution in [0.5, 0.6) is 0 Å². The maximum atomic E-state index is 8.74. The molecular weight excluding hydrogens is 171 g/mol. The Labute approximate surface area is 66.2 Å². The third kappa shape index (κ3) is 10.2. The Kier molecular flexibility index (Phi) is 5.95. The molecule has 0 saturated heterocycles. The van der Waals surface area contributed by atoms with Gasteiger partial charge in [0, 0.05) is 0 Å². The normalized spacial score (nSPS) is 13.5. The Morgan fingerprint density at radius 1 is 1.18 bits per heavy atom. The van der Waals surface area contributed by atoms with Crippen LogP contribution in [0.2, 0.25) is 0 Å².